The predicted octanol–water partition coefficient (Wildman–Crippen LogP) is 3.41. The molecule has 0 aromatic heterocycles. The van der Waals surface area contributed by atoms with E-state index in [1.165, 1.54) is 30.6 Å². The molecule has 2 N–H and O–H groups in total. The van der Waals surface area contributed by atoms with Crippen LogP contribution in [0.25, 0.3) is 0 Å². The molecule has 1 aromatic rings. The molecule has 0 aliphatic heterocycles. The summed E-state index contributed by atoms with van der Waals surface area (Å²) in [6.45, 7) is 5.86. The van der Waals surface area contributed by atoms with Crippen LogP contribution >= 0.6 is 24.0 Å². The topological polar surface area (TPSA) is 66.0 Å². The van der Waals surface area contributed by atoms with Crippen LogP contribution < -0.4 is 15.4 Å². The largest absolute Gasteiger partial charge is 0.484 e. The van der Waals surface area contributed by atoms with E-state index in [9.17, 15) is 4.79 Å². The lowest BCUT2D eigenvalue weighted by molar-refractivity contribution is -0.130. The molecule has 1 aliphatic carbocycles. The van der Waals surface area contributed by atoms with Gasteiger partial charge in [0.2, 0.25) is 0 Å². The zero-order chi connectivity index (χ0) is 19.6. The van der Waals surface area contributed by atoms with Crippen molar-refractivity contribution >= 4 is 35.8 Å². The average molecular weight is 502 g/mol. The Morgan fingerprint density at radius 3 is 2.61 bits per heavy atom. The van der Waals surface area contributed by atoms with E-state index >= 15 is 0 Å². The fourth-order valence-electron chi connectivity index (χ4n) is 3.10. The normalized spacial score (nSPS) is 19.4. The third-order valence-corrected chi connectivity index (χ3v) is 4.88. The van der Waals surface area contributed by atoms with Gasteiger partial charge in [-0.25, -0.2) is 4.99 Å². The molecular formula is C21H35IN4O2. The number of nitrogens with zero attached hydrogens (tertiary/aromatic N) is 2. The summed E-state index contributed by atoms with van der Waals surface area (Å²) in [7, 11) is 3.44. The number of hydrogen-bond acceptors (Lipinski definition) is 3. The molecular weight excluding hydrogens is 467 g/mol. The highest BCUT2D eigenvalue weighted by Gasteiger charge is 2.18. The number of likely N-dealkylation sites (N-methyl/N-ethyl adjacent to an activating group) is 1. The SMILES string of the molecule is CCNC(=NCc1cccc(OCC(=O)N(C)C)c1)NC1CCC(C)CC1.I. The molecule has 1 fully saturated rings. The second-order valence-corrected chi connectivity index (χ2v) is 7.52. The molecule has 1 amide bonds. The van der Waals surface area contributed by atoms with E-state index < -0.39 is 0 Å². The summed E-state index contributed by atoms with van der Waals surface area (Å²) in [5.41, 5.74) is 1.05. The standard InChI is InChI=1S/C21H34N4O2.HI/c1-5-22-21(24-18-11-9-16(2)10-12-18)23-14-17-7-6-8-19(13-17)27-15-20(26)25(3)4;/h6-8,13,16,18H,5,9-12,14-15H2,1-4H3,(H2,22,23,24);1H. The highest BCUT2D eigenvalue weighted by molar-refractivity contribution is 14.0. The first-order valence-electron chi connectivity index (χ1n) is 9.94. The van der Waals surface area contributed by atoms with Crippen LogP contribution in [0.4, 0.5) is 0 Å². The molecule has 0 radical (unpaired) electrons. The molecule has 7 heteroatoms. The molecule has 0 heterocycles. The summed E-state index contributed by atoms with van der Waals surface area (Å²) in [6, 6.07) is 8.27. The van der Waals surface area contributed by atoms with Crippen LogP contribution in [-0.4, -0.2) is 50.1 Å². The van der Waals surface area contributed by atoms with E-state index in [1.807, 2.05) is 24.3 Å². The summed E-state index contributed by atoms with van der Waals surface area (Å²) < 4.78 is 5.58. The second-order valence-electron chi connectivity index (χ2n) is 7.52. The zero-order valence-corrected chi connectivity index (χ0v) is 19.9. The Labute approximate surface area is 186 Å². The van der Waals surface area contributed by atoms with Crippen molar-refractivity contribution in [3.8, 4) is 5.75 Å². The molecule has 0 atom stereocenters. The Bertz CT molecular complexity index is 629. The van der Waals surface area contributed by atoms with Crippen molar-refractivity contribution in [1.82, 2.24) is 15.5 Å². The van der Waals surface area contributed by atoms with E-state index in [2.05, 4.69) is 24.5 Å². The summed E-state index contributed by atoms with van der Waals surface area (Å²) in [5, 5.41) is 6.91. The van der Waals surface area contributed by atoms with Gasteiger partial charge in [-0.15, -0.1) is 24.0 Å². The summed E-state index contributed by atoms with van der Waals surface area (Å²) >= 11 is 0. The van der Waals surface area contributed by atoms with Crippen LogP contribution in [0.5, 0.6) is 5.75 Å². The molecule has 1 aromatic carbocycles. The Hall–Kier alpha value is -1.51. The van der Waals surface area contributed by atoms with Crippen LogP contribution in [0.1, 0.15) is 45.1 Å². The van der Waals surface area contributed by atoms with E-state index in [0.717, 1.165) is 24.0 Å². The van der Waals surface area contributed by atoms with Crippen molar-refractivity contribution in [2.24, 2.45) is 10.9 Å². The predicted molar refractivity (Wildman–Crippen MR) is 125 cm³/mol. The van der Waals surface area contributed by atoms with Crippen molar-refractivity contribution in [3.05, 3.63) is 29.8 Å². The van der Waals surface area contributed by atoms with Gasteiger partial charge >= 0.3 is 0 Å². The minimum atomic E-state index is -0.0566. The highest BCUT2D eigenvalue weighted by atomic mass is 127. The monoisotopic (exact) mass is 502 g/mol. The Balaban J connectivity index is 0.00000392. The quantitative estimate of drug-likeness (QED) is 0.341. The molecule has 1 saturated carbocycles. The number of aliphatic imine (C=N–C) groups is 1. The van der Waals surface area contributed by atoms with Crippen molar-refractivity contribution < 1.29 is 9.53 Å². The molecule has 0 unspecified atom stereocenters. The first-order valence-corrected chi connectivity index (χ1v) is 9.94. The molecule has 1 aliphatic rings. The lowest BCUT2D eigenvalue weighted by Crippen LogP contribution is -2.44. The van der Waals surface area contributed by atoms with Gasteiger partial charge in [0.1, 0.15) is 5.75 Å². The minimum Gasteiger partial charge on any atom is -0.484 e. The van der Waals surface area contributed by atoms with Gasteiger partial charge in [0, 0.05) is 26.7 Å². The summed E-state index contributed by atoms with van der Waals surface area (Å²) in [6.07, 6.45) is 4.97. The molecule has 0 saturated heterocycles. The van der Waals surface area contributed by atoms with Gasteiger partial charge in [0.15, 0.2) is 12.6 Å². The first-order chi connectivity index (χ1) is 13.0. The van der Waals surface area contributed by atoms with Crippen LogP contribution in [0.2, 0.25) is 0 Å². The number of nitrogens with one attached hydrogen (secondary N) is 2. The van der Waals surface area contributed by atoms with Crippen molar-refractivity contribution in [1.29, 1.82) is 0 Å². The number of amides is 1. The number of hydrogen-bond donors (Lipinski definition) is 2. The molecule has 6 nitrogen and oxygen atoms in total. The number of carbonyl (C=O) groups excluding carboxylic acids is 1. The Morgan fingerprint density at radius 2 is 1.96 bits per heavy atom. The maximum absolute atomic E-state index is 11.7. The fraction of sp³-hybridized carbons (Fsp3) is 0.619. The van der Waals surface area contributed by atoms with Crippen LogP contribution in [0.3, 0.4) is 0 Å². The second kappa shape index (κ2) is 12.9. The number of rotatable bonds is 7. The fourth-order valence-corrected chi connectivity index (χ4v) is 3.10. The average Bonchev–Trinajstić information content (AvgIpc) is 2.66. The molecule has 158 valence electrons. The Morgan fingerprint density at radius 1 is 1.25 bits per heavy atom. The van der Waals surface area contributed by atoms with Gasteiger partial charge < -0.3 is 20.3 Å². The maximum atomic E-state index is 11.7. The molecule has 0 spiro atoms. The zero-order valence-electron chi connectivity index (χ0n) is 17.5. The number of guanidine groups is 1. The maximum Gasteiger partial charge on any atom is 0.259 e. The van der Waals surface area contributed by atoms with E-state index in [-0.39, 0.29) is 36.5 Å². The number of ether oxygens (including phenoxy) is 1. The number of benzene rings is 1. The van der Waals surface area contributed by atoms with Gasteiger partial charge in [-0.05, 0) is 56.2 Å². The Kier molecular flexibility index (Phi) is 11.3. The van der Waals surface area contributed by atoms with E-state index in [1.54, 1.807) is 14.1 Å². The van der Waals surface area contributed by atoms with E-state index in [4.69, 9.17) is 9.73 Å². The molecule has 2 rings (SSSR count). The van der Waals surface area contributed by atoms with Gasteiger partial charge in [-0.1, -0.05) is 19.1 Å². The van der Waals surface area contributed by atoms with Gasteiger partial charge in [0.25, 0.3) is 5.91 Å². The minimum absolute atomic E-state index is 0. The van der Waals surface area contributed by atoms with E-state index in [0.29, 0.717) is 18.3 Å². The highest BCUT2D eigenvalue weighted by Crippen LogP contribution is 2.23. The van der Waals surface area contributed by atoms with Crippen molar-refractivity contribution in [2.75, 3.05) is 27.2 Å². The third kappa shape index (κ3) is 8.67. The smallest absolute Gasteiger partial charge is 0.259 e. The lowest BCUT2D eigenvalue weighted by atomic mass is 9.87. The van der Waals surface area contributed by atoms with Gasteiger partial charge in [-0.2, -0.15) is 0 Å². The van der Waals surface area contributed by atoms with Crippen molar-refractivity contribution in [3.63, 3.8) is 0 Å². The summed E-state index contributed by atoms with van der Waals surface area (Å²) in [5.74, 6) is 2.34. The van der Waals surface area contributed by atoms with Crippen LogP contribution in [0, 0.1) is 5.92 Å². The summed E-state index contributed by atoms with van der Waals surface area (Å²) in [4.78, 5) is 17.9. The van der Waals surface area contributed by atoms with Gasteiger partial charge in [-0.3, -0.25) is 4.79 Å². The van der Waals surface area contributed by atoms with Crippen LogP contribution in [-0.2, 0) is 11.3 Å². The van der Waals surface area contributed by atoms with Crippen LogP contribution in [0.15, 0.2) is 29.3 Å². The molecule has 0 bridgehead atoms. The molecule has 28 heavy (non-hydrogen) atoms. The number of carbonyl (C=O) groups is 1. The first kappa shape index (κ1) is 24.5. The van der Waals surface area contributed by atoms with Crippen molar-refractivity contribution in [2.45, 2.75) is 52.1 Å². The van der Waals surface area contributed by atoms with Gasteiger partial charge in [0.05, 0.1) is 6.54 Å². The third-order valence-electron chi connectivity index (χ3n) is 4.88. The number of halogens is 1. The lowest BCUT2D eigenvalue weighted by Gasteiger charge is -2.28.